The Bertz CT molecular complexity index is 165. The van der Waals surface area contributed by atoms with E-state index < -0.39 is 8.56 Å². The van der Waals surface area contributed by atoms with Crippen LogP contribution in [0.5, 0.6) is 0 Å². The van der Waals surface area contributed by atoms with Crippen molar-refractivity contribution >= 4 is 8.56 Å². The summed E-state index contributed by atoms with van der Waals surface area (Å²) in [6.45, 7) is 13.0. The molecule has 0 saturated carbocycles. The lowest BCUT2D eigenvalue weighted by Crippen LogP contribution is -2.58. The number of rotatable bonds is 10. The van der Waals surface area contributed by atoms with E-state index >= 15 is 0 Å². The second-order valence-electron chi connectivity index (χ2n) is 4.24. The van der Waals surface area contributed by atoms with Crippen LogP contribution in [0.1, 0.15) is 27.7 Å². The number of nitrogens with zero attached hydrogens (tertiary/aromatic N) is 2. The molecule has 4 nitrogen and oxygen atoms in total. The predicted octanol–water partition coefficient (Wildman–Crippen LogP) is 1.48. The Morgan fingerprint density at radius 1 is 0.706 bits per heavy atom. The van der Waals surface area contributed by atoms with Crippen molar-refractivity contribution in [2.24, 2.45) is 0 Å². The van der Waals surface area contributed by atoms with Gasteiger partial charge in [-0.2, -0.15) is 0 Å². The molecule has 0 bridgehead atoms. The van der Waals surface area contributed by atoms with Crippen molar-refractivity contribution in [3.63, 3.8) is 0 Å². The highest BCUT2D eigenvalue weighted by molar-refractivity contribution is 6.67. The molecular weight excluding hydrogens is 232 g/mol. The third-order valence-corrected chi connectivity index (χ3v) is 6.81. The molecule has 0 saturated heterocycles. The van der Waals surface area contributed by atoms with Crippen LogP contribution in [-0.4, -0.2) is 71.1 Å². The Balaban J connectivity index is 4.63. The number of hydrogen-bond acceptors (Lipinski definition) is 4. The van der Waals surface area contributed by atoms with Gasteiger partial charge in [0.15, 0.2) is 0 Å². The minimum absolute atomic E-state index is 0.948. The Morgan fingerprint density at radius 3 is 1.18 bits per heavy atom. The van der Waals surface area contributed by atoms with Crippen molar-refractivity contribution in [1.29, 1.82) is 0 Å². The van der Waals surface area contributed by atoms with Gasteiger partial charge in [-0.25, -0.2) is 0 Å². The van der Waals surface area contributed by atoms with Crippen LogP contribution in [0.3, 0.4) is 0 Å². The van der Waals surface area contributed by atoms with Gasteiger partial charge in [0, 0.05) is 26.6 Å². The van der Waals surface area contributed by atoms with E-state index in [-0.39, 0.29) is 0 Å². The van der Waals surface area contributed by atoms with E-state index in [9.17, 15) is 0 Å². The lowest BCUT2D eigenvalue weighted by molar-refractivity contribution is 0.183. The minimum Gasteiger partial charge on any atom is -0.396 e. The fourth-order valence-corrected chi connectivity index (χ4v) is 5.01. The minimum atomic E-state index is -2.10. The van der Waals surface area contributed by atoms with Crippen molar-refractivity contribution in [2.75, 3.05) is 52.7 Å². The molecule has 5 heteroatoms. The van der Waals surface area contributed by atoms with Gasteiger partial charge in [0.25, 0.3) is 0 Å². The Morgan fingerprint density at radius 2 is 1.00 bits per heavy atom. The molecule has 17 heavy (non-hydrogen) atoms. The average molecular weight is 262 g/mol. The third-order valence-electron chi connectivity index (χ3n) is 3.46. The number of hydrogen-bond donors (Lipinski definition) is 0. The van der Waals surface area contributed by atoms with E-state index in [1.807, 2.05) is 0 Å². The maximum atomic E-state index is 5.79. The lowest BCUT2D eigenvalue weighted by Gasteiger charge is -2.35. The molecule has 0 aliphatic carbocycles. The van der Waals surface area contributed by atoms with Gasteiger partial charge in [-0.05, 0) is 26.2 Å². The molecule has 0 spiro atoms. The van der Waals surface area contributed by atoms with Gasteiger partial charge in [-0.1, -0.05) is 27.7 Å². The normalized spacial score (nSPS) is 12.7. The molecule has 0 N–H and O–H groups in total. The second kappa shape index (κ2) is 9.05. The summed E-state index contributed by atoms with van der Waals surface area (Å²) in [5.41, 5.74) is 0. The maximum Gasteiger partial charge on any atom is 0.366 e. The van der Waals surface area contributed by atoms with Crippen molar-refractivity contribution in [3.05, 3.63) is 0 Å². The molecule has 0 aromatic carbocycles. The molecule has 0 aliphatic rings. The van der Waals surface area contributed by atoms with Crippen LogP contribution >= 0.6 is 0 Å². The summed E-state index contributed by atoms with van der Waals surface area (Å²) in [5.74, 6) is 0. The van der Waals surface area contributed by atoms with Crippen molar-refractivity contribution in [1.82, 2.24) is 9.80 Å². The Kier molecular flexibility index (Phi) is 9.08. The van der Waals surface area contributed by atoms with Crippen LogP contribution in [0.25, 0.3) is 0 Å². The summed E-state index contributed by atoms with van der Waals surface area (Å²) in [5, 5.41) is 0. The molecule has 104 valence electrons. The largest absolute Gasteiger partial charge is 0.396 e. The average Bonchev–Trinajstić information content (AvgIpc) is 2.40. The predicted molar refractivity (Wildman–Crippen MR) is 75.3 cm³/mol. The third kappa shape index (κ3) is 5.48. The summed E-state index contributed by atoms with van der Waals surface area (Å²) in [7, 11) is 1.49. The van der Waals surface area contributed by atoms with Gasteiger partial charge >= 0.3 is 8.56 Å². The first kappa shape index (κ1) is 17.1. The zero-order chi connectivity index (χ0) is 13.3. The second-order valence-corrected chi connectivity index (χ2v) is 7.51. The van der Waals surface area contributed by atoms with Crippen LogP contribution in [0.2, 0.25) is 0 Å². The van der Waals surface area contributed by atoms with Crippen LogP contribution in [0, 0.1) is 0 Å². The molecule has 0 unspecified atom stereocenters. The molecule has 0 amide bonds. The standard InChI is InChI=1S/C12H30N2O2Si/c1-7-13(8-2)11-17(15-5,16-6)12-14(9-3)10-4/h7-12H2,1-6H3. The highest BCUT2D eigenvalue weighted by Crippen LogP contribution is 2.10. The summed E-state index contributed by atoms with van der Waals surface area (Å²) < 4.78 is 11.6. The maximum absolute atomic E-state index is 5.79. The van der Waals surface area contributed by atoms with Crippen molar-refractivity contribution < 1.29 is 8.85 Å². The molecule has 0 aliphatic heterocycles. The van der Waals surface area contributed by atoms with E-state index in [1.54, 1.807) is 14.2 Å². The van der Waals surface area contributed by atoms with E-state index in [1.165, 1.54) is 0 Å². The summed E-state index contributed by atoms with van der Waals surface area (Å²) >= 11 is 0. The lowest BCUT2D eigenvalue weighted by atomic mass is 10.6. The molecule has 0 rings (SSSR count). The topological polar surface area (TPSA) is 24.9 Å². The Hall–Kier alpha value is 0.0569. The SMILES string of the molecule is CCN(CC)C[Si](CN(CC)CC)(OC)OC. The molecule has 0 radical (unpaired) electrons. The highest BCUT2D eigenvalue weighted by atomic mass is 28.4. The van der Waals surface area contributed by atoms with Gasteiger partial charge < -0.3 is 18.7 Å². The first-order chi connectivity index (χ1) is 8.11. The van der Waals surface area contributed by atoms with Gasteiger partial charge in [0.2, 0.25) is 0 Å². The van der Waals surface area contributed by atoms with Gasteiger partial charge in [-0.3, -0.25) is 0 Å². The van der Waals surface area contributed by atoms with Gasteiger partial charge in [0.05, 0.1) is 0 Å². The summed E-state index contributed by atoms with van der Waals surface area (Å²) in [4.78, 5) is 4.78. The van der Waals surface area contributed by atoms with Crippen molar-refractivity contribution in [2.45, 2.75) is 27.7 Å². The van der Waals surface area contributed by atoms with Crippen LogP contribution < -0.4 is 0 Å². The molecule has 0 heterocycles. The fraction of sp³-hybridized carbons (Fsp3) is 1.00. The van der Waals surface area contributed by atoms with Crippen molar-refractivity contribution in [3.8, 4) is 0 Å². The molecule has 0 aromatic rings. The molecule has 0 aromatic heterocycles. The van der Waals surface area contributed by atoms with Gasteiger partial charge in [0.1, 0.15) is 0 Å². The van der Waals surface area contributed by atoms with E-state index in [0.717, 1.165) is 38.5 Å². The summed E-state index contributed by atoms with van der Waals surface area (Å²) in [6.07, 6.45) is 1.90. The zero-order valence-electron chi connectivity index (χ0n) is 12.5. The van der Waals surface area contributed by atoms with E-state index in [2.05, 4.69) is 37.5 Å². The first-order valence-electron chi connectivity index (χ1n) is 6.66. The monoisotopic (exact) mass is 262 g/mol. The first-order valence-corrected chi connectivity index (χ1v) is 8.89. The Labute approximate surface area is 108 Å². The molecular formula is C12H30N2O2Si. The molecule has 0 atom stereocenters. The van der Waals surface area contributed by atoms with Crippen LogP contribution in [0.4, 0.5) is 0 Å². The van der Waals surface area contributed by atoms with Crippen LogP contribution in [0.15, 0.2) is 0 Å². The van der Waals surface area contributed by atoms with Crippen LogP contribution in [-0.2, 0) is 8.85 Å². The highest BCUT2D eigenvalue weighted by Gasteiger charge is 2.38. The summed E-state index contributed by atoms with van der Waals surface area (Å²) in [6, 6.07) is 0. The quantitative estimate of drug-likeness (QED) is 0.557. The smallest absolute Gasteiger partial charge is 0.366 e. The van der Waals surface area contributed by atoms with Gasteiger partial charge in [-0.15, -0.1) is 0 Å². The zero-order valence-corrected chi connectivity index (χ0v) is 13.5. The molecule has 0 fully saturated rings. The van der Waals surface area contributed by atoms with E-state index in [0.29, 0.717) is 0 Å². The fourth-order valence-electron chi connectivity index (χ4n) is 1.97. The van der Waals surface area contributed by atoms with E-state index in [4.69, 9.17) is 8.85 Å².